The third-order valence-corrected chi connectivity index (χ3v) is 4.46. The molecular weight excluding hydrogens is 326 g/mol. The van der Waals surface area contributed by atoms with Crippen LogP contribution in [0.4, 0.5) is 0 Å². The van der Waals surface area contributed by atoms with E-state index in [0.717, 1.165) is 5.56 Å². The lowest BCUT2D eigenvalue weighted by Crippen LogP contribution is -2.26. The first-order chi connectivity index (χ1) is 11.3. The Morgan fingerprint density at radius 1 is 1.12 bits per heavy atom. The summed E-state index contributed by atoms with van der Waals surface area (Å²) in [6.45, 7) is 1.88. The zero-order chi connectivity index (χ0) is 17.7. The predicted octanol–water partition coefficient (Wildman–Crippen LogP) is 2.73. The fourth-order valence-electron chi connectivity index (χ4n) is 2.44. The van der Waals surface area contributed by atoms with Crippen LogP contribution in [0.3, 0.4) is 0 Å². The number of rotatable bonds is 6. The van der Waals surface area contributed by atoms with Crippen molar-refractivity contribution in [3.05, 3.63) is 65.2 Å². The van der Waals surface area contributed by atoms with Crippen molar-refractivity contribution in [2.45, 2.75) is 18.7 Å². The smallest absolute Gasteiger partial charge is 0.251 e. The van der Waals surface area contributed by atoms with E-state index in [9.17, 15) is 13.2 Å². The quantitative estimate of drug-likeness (QED) is 0.872. The molecule has 0 heterocycles. The second-order valence-electron chi connectivity index (χ2n) is 5.70. The molecule has 0 aliphatic heterocycles. The number of para-hydroxylation sites is 1. The molecule has 0 aromatic heterocycles. The SMILES string of the molecule is COc1ccccc1C(C)NC(=O)c1ccc(CS(C)(=O)=O)cc1. The highest BCUT2D eigenvalue weighted by Gasteiger charge is 2.15. The number of benzene rings is 2. The fraction of sp³-hybridized carbons (Fsp3) is 0.278. The summed E-state index contributed by atoms with van der Waals surface area (Å²) in [4.78, 5) is 12.4. The van der Waals surface area contributed by atoms with Crippen LogP contribution in [0.2, 0.25) is 0 Å². The number of methoxy groups -OCH3 is 1. The summed E-state index contributed by atoms with van der Waals surface area (Å²) in [5.74, 6) is 0.458. The van der Waals surface area contributed by atoms with Gasteiger partial charge in [-0.05, 0) is 30.7 Å². The molecule has 1 atom stereocenters. The molecule has 2 aromatic rings. The lowest BCUT2D eigenvalue weighted by atomic mass is 10.1. The highest BCUT2D eigenvalue weighted by Crippen LogP contribution is 2.24. The van der Waals surface area contributed by atoms with Crippen LogP contribution in [0.25, 0.3) is 0 Å². The van der Waals surface area contributed by atoms with Crippen molar-refractivity contribution >= 4 is 15.7 Å². The van der Waals surface area contributed by atoms with Crippen LogP contribution < -0.4 is 10.1 Å². The standard InChI is InChI=1S/C18H21NO4S/c1-13(16-6-4-5-7-17(16)23-2)19-18(20)15-10-8-14(9-11-15)12-24(3,21)22/h4-11,13H,12H2,1-3H3,(H,19,20). The number of carbonyl (C=O) groups excluding carboxylic acids is 1. The number of hydrogen-bond donors (Lipinski definition) is 1. The minimum absolute atomic E-state index is 0.0352. The molecule has 0 saturated carbocycles. The minimum Gasteiger partial charge on any atom is -0.496 e. The lowest BCUT2D eigenvalue weighted by Gasteiger charge is -2.17. The molecule has 0 saturated heterocycles. The number of nitrogens with one attached hydrogen (secondary N) is 1. The van der Waals surface area contributed by atoms with Crippen molar-refractivity contribution in [3.8, 4) is 5.75 Å². The maximum atomic E-state index is 12.4. The molecule has 5 nitrogen and oxygen atoms in total. The number of hydrogen-bond acceptors (Lipinski definition) is 4. The molecule has 1 N–H and O–H groups in total. The molecule has 128 valence electrons. The predicted molar refractivity (Wildman–Crippen MR) is 93.9 cm³/mol. The van der Waals surface area contributed by atoms with E-state index in [4.69, 9.17) is 4.74 Å². The maximum Gasteiger partial charge on any atom is 0.251 e. The van der Waals surface area contributed by atoms with Gasteiger partial charge in [0, 0.05) is 17.4 Å². The molecule has 0 bridgehead atoms. The Morgan fingerprint density at radius 2 is 1.75 bits per heavy atom. The number of ether oxygens (including phenoxy) is 1. The molecule has 2 aromatic carbocycles. The zero-order valence-electron chi connectivity index (χ0n) is 13.9. The van der Waals surface area contributed by atoms with E-state index in [1.54, 1.807) is 31.4 Å². The van der Waals surface area contributed by atoms with E-state index in [-0.39, 0.29) is 17.7 Å². The van der Waals surface area contributed by atoms with Gasteiger partial charge in [-0.3, -0.25) is 4.79 Å². The summed E-state index contributed by atoms with van der Waals surface area (Å²) in [7, 11) is -1.50. The fourth-order valence-corrected chi connectivity index (χ4v) is 3.23. The highest BCUT2D eigenvalue weighted by atomic mass is 32.2. The third kappa shape index (κ3) is 4.83. The molecule has 0 radical (unpaired) electrons. The number of sulfone groups is 1. The Bertz CT molecular complexity index is 813. The molecule has 0 aliphatic rings. The summed E-state index contributed by atoms with van der Waals surface area (Å²) < 4.78 is 27.9. The van der Waals surface area contributed by atoms with Gasteiger partial charge in [-0.25, -0.2) is 8.42 Å². The number of carbonyl (C=O) groups is 1. The molecule has 6 heteroatoms. The van der Waals surface area contributed by atoms with E-state index in [0.29, 0.717) is 16.9 Å². The Balaban J connectivity index is 2.09. The Labute approximate surface area is 142 Å². The molecule has 0 fully saturated rings. The monoisotopic (exact) mass is 347 g/mol. The van der Waals surface area contributed by atoms with Crippen molar-refractivity contribution in [3.63, 3.8) is 0 Å². The van der Waals surface area contributed by atoms with Gasteiger partial charge in [0.05, 0.1) is 18.9 Å². The van der Waals surface area contributed by atoms with Crippen LogP contribution in [-0.4, -0.2) is 27.7 Å². The molecule has 24 heavy (non-hydrogen) atoms. The first kappa shape index (κ1) is 18.0. The topological polar surface area (TPSA) is 72.5 Å². The summed E-state index contributed by atoms with van der Waals surface area (Å²) in [6, 6.07) is 13.9. The second-order valence-corrected chi connectivity index (χ2v) is 7.84. The van der Waals surface area contributed by atoms with Crippen molar-refractivity contribution in [1.29, 1.82) is 0 Å². The van der Waals surface area contributed by atoms with Crippen molar-refractivity contribution in [2.75, 3.05) is 13.4 Å². The van der Waals surface area contributed by atoms with Crippen LogP contribution in [0.15, 0.2) is 48.5 Å². The molecule has 1 unspecified atom stereocenters. The van der Waals surface area contributed by atoms with Crippen molar-refractivity contribution < 1.29 is 17.9 Å². The molecule has 1 amide bonds. The number of amides is 1. The average Bonchev–Trinajstić information content (AvgIpc) is 2.53. The van der Waals surface area contributed by atoms with Crippen LogP contribution in [0, 0.1) is 0 Å². The first-order valence-electron chi connectivity index (χ1n) is 7.50. The minimum atomic E-state index is -3.09. The van der Waals surface area contributed by atoms with Crippen molar-refractivity contribution in [2.24, 2.45) is 0 Å². The van der Waals surface area contributed by atoms with Gasteiger partial charge in [-0.2, -0.15) is 0 Å². The van der Waals surface area contributed by atoms with Crippen LogP contribution in [0.1, 0.15) is 34.5 Å². The largest absolute Gasteiger partial charge is 0.496 e. The van der Waals surface area contributed by atoms with E-state index in [2.05, 4.69) is 5.32 Å². The molecule has 0 spiro atoms. The van der Waals surface area contributed by atoms with Gasteiger partial charge < -0.3 is 10.1 Å². The Kier molecular flexibility index (Phi) is 5.62. The van der Waals surface area contributed by atoms with Crippen LogP contribution in [0.5, 0.6) is 5.75 Å². The Hall–Kier alpha value is -2.34. The molecular formula is C18H21NO4S. The first-order valence-corrected chi connectivity index (χ1v) is 9.56. The zero-order valence-corrected chi connectivity index (χ0v) is 14.8. The average molecular weight is 347 g/mol. The van der Waals surface area contributed by atoms with Crippen molar-refractivity contribution in [1.82, 2.24) is 5.32 Å². The second kappa shape index (κ2) is 7.49. The van der Waals surface area contributed by atoms with Crippen LogP contribution in [-0.2, 0) is 15.6 Å². The molecule has 2 rings (SSSR count). The van der Waals surface area contributed by atoms with E-state index < -0.39 is 9.84 Å². The molecule has 0 aliphatic carbocycles. The summed E-state index contributed by atoms with van der Waals surface area (Å²) in [6.07, 6.45) is 1.18. The van der Waals surface area contributed by atoms with Gasteiger partial charge in [0.15, 0.2) is 9.84 Å². The normalized spacial score (nSPS) is 12.5. The summed E-state index contributed by atoms with van der Waals surface area (Å²) >= 11 is 0. The summed E-state index contributed by atoms with van der Waals surface area (Å²) in [5, 5.41) is 2.92. The highest BCUT2D eigenvalue weighted by molar-refractivity contribution is 7.89. The summed E-state index contributed by atoms with van der Waals surface area (Å²) in [5.41, 5.74) is 2.03. The van der Waals surface area contributed by atoms with Gasteiger partial charge >= 0.3 is 0 Å². The Morgan fingerprint density at radius 3 is 2.33 bits per heavy atom. The third-order valence-electron chi connectivity index (χ3n) is 3.60. The van der Waals surface area contributed by atoms with Gasteiger partial charge in [-0.1, -0.05) is 30.3 Å². The van der Waals surface area contributed by atoms with Gasteiger partial charge in [0.25, 0.3) is 5.91 Å². The van der Waals surface area contributed by atoms with E-state index in [1.807, 2.05) is 31.2 Å². The maximum absolute atomic E-state index is 12.4. The van der Waals surface area contributed by atoms with Gasteiger partial charge in [-0.15, -0.1) is 0 Å². The van der Waals surface area contributed by atoms with Gasteiger partial charge in [0.1, 0.15) is 5.75 Å². The lowest BCUT2D eigenvalue weighted by molar-refractivity contribution is 0.0939. The van der Waals surface area contributed by atoms with E-state index in [1.165, 1.54) is 6.26 Å². The van der Waals surface area contributed by atoms with Gasteiger partial charge in [0.2, 0.25) is 0 Å². The van der Waals surface area contributed by atoms with Crippen LogP contribution >= 0.6 is 0 Å². The van der Waals surface area contributed by atoms with E-state index >= 15 is 0 Å².